The number of thiazole rings is 1. The maximum absolute atomic E-state index is 14.1. The number of para-hydroxylation sites is 1. The van der Waals surface area contributed by atoms with E-state index in [4.69, 9.17) is 23.9 Å². The summed E-state index contributed by atoms with van der Waals surface area (Å²) < 4.78 is 23.8. The average molecular weight is 594 g/mol. The predicted molar refractivity (Wildman–Crippen MR) is 160 cm³/mol. The first-order chi connectivity index (χ1) is 20.3. The second kappa shape index (κ2) is 13.5. The Bertz CT molecular complexity index is 1680. The molecule has 0 unspecified atom stereocenters. The number of amides is 1. The van der Waals surface area contributed by atoms with Crippen molar-refractivity contribution < 1.29 is 28.5 Å². The second-order valence-electron chi connectivity index (χ2n) is 9.30. The quantitative estimate of drug-likeness (QED) is 0.315. The van der Waals surface area contributed by atoms with E-state index in [1.807, 2.05) is 19.9 Å². The number of carbonyl (C=O) groups is 2. The average Bonchev–Trinajstić information content (AvgIpc) is 3.30. The van der Waals surface area contributed by atoms with Crippen molar-refractivity contribution in [2.45, 2.75) is 33.7 Å². The fourth-order valence-electron chi connectivity index (χ4n) is 4.84. The third kappa shape index (κ3) is 6.11. The number of carbonyl (C=O) groups excluding carboxylic acids is 2. The highest BCUT2D eigenvalue weighted by molar-refractivity contribution is 7.07. The topological polar surface area (TPSA) is 109 Å². The lowest BCUT2D eigenvalue weighted by atomic mass is 9.93. The van der Waals surface area contributed by atoms with E-state index >= 15 is 0 Å². The van der Waals surface area contributed by atoms with Gasteiger partial charge < -0.3 is 23.8 Å². The fourth-order valence-corrected chi connectivity index (χ4v) is 5.87. The highest BCUT2D eigenvalue weighted by Gasteiger charge is 2.36. The molecule has 2 heterocycles. The summed E-state index contributed by atoms with van der Waals surface area (Å²) in [5.41, 5.74) is 1.80. The predicted octanol–water partition coefficient (Wildman–Crippen LogP) is 3.06. The van der Waals surface area contributed by atoms with Crippen LogP contribution >= 0.6 is 11.3 Å². The van der Waals surface area contributed by atoms with Crippen molar-refractivity contribution in [3.8, 4) is 17.2 Å². The van der Waals surface area contributed by atoms with E-state index in [1.165, 1.54) is 11.3 Å². The van der Waals surface area contributed by atoms with E-state index < -0.39 is 12.0 Å². The highest BCUT2D eigenvalue weighted by Crippen LogP contribution is 2.38. The SMILES string of the molecule is CCOC(=O)COc1ccccc1/C=c1/sc2n(c1=O)[C@H](c1cc(OC)ccc1OC)C(C(=O)N(CC)CC)=C(C)N=2. The van der Waals surface area contributed by atoms with Gasteiger partial charge in [-0.15, -0.1) is 0 Å². The number of esters is 1. The van der Waals surface area contributed by atoms with Gasteiger partial charge in [-0.25, -0.2) is 9.79 Å². The highest BCUT2D eigenvalue weighted by atomic mass is 32.1. The number of aromatic nitrogens is 1. The first-order valence-electron chi connectivity index (χ1n) is 13.7. The van der Waals surface area contributed by atoms with Crippen molar-refractivity contribution in [1.29, 1.82) is 0 Å². The second-order valence-corrected chi connectivity index (χ2v) is 10.3. The smallest absolute Gasteiger partial charge is 0.344 e. The van der Waals surface area contributed by atoms with Gasteiger partial charge in [0.05, 0.1) is 36.6 Å². The third-order valence-corrected chi connectivity index (χ3v) is 7.87. The Labute approximate surface area is 248 Å². The number of rotatable bonds is 11. The molecule has 1 aliphatic heterocycles. The van der Waals surface area contributed by atoms with Gasteiger partial charge in [-0.05, 0) is 58.0 Å². The molecule has 0 fully saturated rings. The molecule has 10 nitrogen and oxygen atoms in total. The maximum atomic E-state index is 14.1. The van der Waals surface area contributed by atoms with Crippen LogP contribution in [0.5, 0.6) is 17.2 Å². The van der Waals surface area contributed by atoms with E-state index in [0.717, 1.165) is 0 Å². The number of allylic oxidation sites excluding steroid dienone is 1. The van der Waals surface area contributed by atoms with Gasteiger partial charge >= 0.3 is 5.97 Å². The van der Waals surface area contributed by atoms with Crippen LogP contribution in [0.25, 0.3) is 6.08 Å². The molecule has 4 rings (SSSR count). The van der Waals surface area contributed by atoms with E-state index in [1.54, 1.807) is 80.0 Å². The van der Waals surface area contributed by atoms with Gasteiger partial charge in [0.1, 0.15) is 23.3 Å². The molecule has 0 aliphatic carbocycles. The van der Waals surface area contributed by atoms with Crippen LogP contribution in [0.3, 0.4) is 0 Å². The molecule has 2 aromatic carbocycles. The molecule has 1 aromatic heterocycles. The number of benzene rings is 2. The van der Waals surface area contributed by atoms with Crippen LogP contribution in [0.4, 0.5) is 0 Å². The molecule has 1 aliphatic rings. The van der Waals surface area contributed by atoms with E-state index in [2.05, 4.69) is 0 Å². The molecule has 0 radical (unpaired) electrons. The van der Waals surface area contributed by atoms with Gasteiger partial charge in [0.25, 0.3) is 11.5 Å². The van der Waals surface area contributed by atoms with Crippen LogP contribution in [-0.2, 0) is 14.3 Å². The molecule has 1 atom stereocenters. The van der Waals surface area contributed by atoms with Crippen LogP contribution < -0.4 is 29.1 Å². The lowest BCUT2D eigenvalue weighted by Crippen LogP contribution is -2.43. The fraction of sp³-hybridized carbons (Fsp3) is 0.355. The number of ether oxygens (including phenoxy) is 4. The molecule has 0 saturated carbocycles. The number of hydrogen-bond donors (Lipinski definition) is 0. The van der Waals surface area contributed by atoms with Gasteiger partial charge in [0, 0.05) is 24.2 Å². The summed E-state index contributed by atoms with van der Waals surface area (Å²) in [5.74, 6) is 0.802. The molecular formula is C31H35N3O7S. The minimum absolute atomic E-state index is 0.205. The number of hydrogen-bond acceptors (Lipinski definition) is 9. The summed E-state index contributed by atoms with van der Waals surface area (Å²) in [6.07, 6.45) is 1.70. The lowest BCUT2D eigenvalue weighted by molar-refractivity contribution is -0.145. The molecule has 0 bridgehead atoms. The van der Waals surface area contributed by atoms with Crippen molar-refractivity contribution in [3.63, 3.8) is 0 Å². The lowest BCUT2D eigenvalue weighted by Gasteiger charge is -2.30. The van der Waals surface area contributed by atoms with E-state index in [0.29, 0.717) is 62.1 Å². The van der Waals surface area contributed by atoms with Crippen molar-refractivity contribution in [1.82, 2.24) is 9.47 Å². The summed E-state index contributed by atoms with van der Waals surface area (Å²) in [6, 6.07) is 11.6. The molecule has 11 heteroatoms. The van der Waals surface area contributed by atoms with Crippen molar-refractivity contribution in [2.75, 3.05) is 40.5 Å². The van der Waals surface area contributed by atoms with Crippen molar-refractivity contribution in [3.05, 3.63) is 84.5 Å². The number of methoxy groups -OCH3 is 2. The van der Waals surface area contributed by atoms with Crippen LogP contribution in [0.15, 0.2) is 63.5 Å². The molecule has 222 valence electrons. The molecule has 1 amide bonds. The van der Waals surface area contributed by atoms with E-state index in [-0.39, 0.29) is 24.7 Å². The first-order valence-corrected chi connectivity index (χ1v) is 14.5. The molecule has 0 saturated heterocycles. The molecule has 0 N–H and O–H groups in total. The molecule has 3 aromatic rings. The van der Waals surface area contributed by atoms with Gasteiger partial charge in [-0.2, -0.15) is 0 Å². The van der Waals surface area contributed by atoms with Gasteiger partial charge in [-0.3, -0.25) is 14.2 Å². The largest absolute Gasteiger partial charge is 0.497 e. The third-order valence-electron chi connectivity index (χ3n) is 6.89. The Hall–Kier alpha value is -4.38. The van der Waals surface area contributed by atoms with Crippen LogP contribution in [0, 0.1) is 0 Å². The summed E-state index contributed by atoms with van der Waals surface area (Å²) in [7, 11) is 3.10. The minimum atomic E-state index is -0.808. The zero-order chi connectivity index (χ0) is 30.4. The van der Waals surface area contributed by atoms with Crippen molar-refractivity contribution >= 4 is 29.3 Å². The van der Waals surface area contributed by atoms with Crippen LogP contribution in [-0.4, -0.2) is 61.9 Å². The number of nitrogens with zero attached hydrogens (tertiary/aromatic N) is 3. The Morgan fingerprint density at radius 2 is 1.79 bits per heavy atom. The Kier molecular flexibility index (Phi) is 9.84. The Morgan fingerprint density at radius 1 is 1.05 bits per heavy atom. The summed E-state index contributed by atoms with van der Waals surface area (Å²) in [5, 5.41) is 0. The Morgan fingerprint density at radius 3 is 2.45 bits per heavy atom. The first kappa shape index (κ1) is 30.6. The Balaban J connectivity index is 1.93. The van der Waals surface area contributed by atoms with Crippen LogP contribution in [0.1, 0.15) is 44.9 Å². The zero-order valence-electron chi connectivity index (χ0n) is 24.6. The maximum Gasteiger partial charge on any atom is 0.344 e. The zero-order valence-corrected chi connectivity index (χ0v) is 25.4. The molecule has 42 heavy (non-hydrogen) atoms. The van der Waals surface area contributed by atoms with Crippen molar-refractivity contribution in [2.24, 2.45) is 4.99 Å². The molecule has 0 spiro atoms. The van der Waals surface area contributed by atoms with E-state index in [9.17, 15) is 14.4 Å². The summed E-state index contributed by atoms with van der Waals surface area (Å²) >= 11 is 1.21. The standard InChI is InChI=1S/C31H35N3O7S/c1-7-33(8-2)30(37)27-19(4)32-31-34(28(27)22-17-21(38-5)14-15-24(22)39-6)29(36)25(42-31)16-20-12-10-11-13-23(20)41-18-26(35)40-9-3/h10-17,28H,7-9,18H2,1-6H3/b25-16+/t28-/m1/s1. The number of fused-ring (bicyclic) bond motifs is 1. The van der Waals surface area contributed by atoms with Crippen LogP contribution in [0.2, 0.25) is 0 Å². The summed E-state index contributed by atoms with van der Waals surface area (Å²) in [6.45, 7) is 8.33. The van der Waals surface area contributed by atoms with Gasteiger partial charge in [-0.1, -0.05) is 29.5 Å². The molecular weight excluding hydrogens is 558 g/mol. The minimum Gasteiger partial charge on any atom is -0.497 e. The number of likely N-dealkylation sites (N-methyl/N-ethyl adjacent to an activating group) is 1. The van der Waals surface area contributed by atoms with Gasteiger partial charge in [0.15, 0.2) is 11.4 Å². The van der Waals surface area contributed by atoms with Gasteiger partial charge in [0.2, 0.25) is 0 Å². The monoisotopic (exact) mass is 593 g/mol. The normalized spacial score (nSPS) is 14.6. The summed E-state index contributed by atoms with van der Waals surface area (Å²) in [4.78, 5) is 46.8.